The van der Waals surface area contributed by atoms with Gasteiger partial charge in [0, 0.05) is 5.69 Å². The third kappa shape index (κ3) is 1.22. The first-order valence-electron chi connectivity index (χ1n) is 3.99. The van der Waals surface area contributed by atoms with Crippen molar-refractivity contribution < 1.29 is 9.90 Å². The molecule has 3 heteroatoms. The number of carboxylic acid groups (broad SMARTS) is 1. The zero-order valence-corrected chi connectivity index (χ0v) is 7.56. The molecule has 0 radical (unpaired) electrons. The highest BCUT2D eigenvalue weighted by Gasteiger charge is 2.13. The number of carboxylic acids is 1. The van der Waals surface area contributed by atoms with Crippen molar-refractivity contribution in [3.63, 3.8) is 0 Å². The monoisotopic (exact) mass is 167 g/mol. The van der Waals surface area contributed by atoms with Gasteiger partial charge in [-0.05, 0) is 31.4 Å². The van der Waals surface area contributed by atoms with Crippen molar-refractivity contribution in [2.24, 2.45) is 0 Å². The van der Waals surface area contributed by atoms with Crippen LogP contribution in [0.1, 0.15) is 34.2 Å². The highest BCUT2D eigenvalue weighted by molar-refractivity contribution is 5.88. The number of aromatic nitrogens is 1. The number of H-pyrrole nitrogens is 1. The lowest BCUT2D eigenvalue weighted by molar-refractivity contribution is 0.0690. The quantitative estimate of drug-likeness (QED) is 0.706. The van der Waals surface area contributed by atoms with Gasteiger partial charge in [-0.2, -0.15) is 0 Å². The topological polar surface area (TPSA) is 53.1 Å². The Hall–Kier alpha value is -1.25. The van der Waals surface area contributed by atoms with Gasteiger partial charge in [-0.3, -0.25) is 0 Å². The Balaban J connectivity index is 3.25. The van der Waals surface area contributed by atoms with E-state index >= 15 is 0 Å². The third-order valence-electron chi connectivity index (χ3n) is 2.23. The highest BCUT2D eigenvalue weighted by atomic mass is 16.4. The van der Waals surface area contributed by atoms with E-state index in [9.17, 15) is 4.79 Å². The first-order chi connectivity index (χ1) is 5.57. The number of aromatic amines is 1. The summed E-state index contributed by atoms with van der Waals surface area (Å²) in [4.78, 5) is 13.6. The molecule has 0 fully saturated rings. The van der Waals surface area contributed by atoms with Crippen LogP contribution >= 0.6 is 0 Å². The molecule has 66 valence electrons. The van der Waals surface area contributed by atoms with E-state index in [1.54, 1.807) is 0 Å². The molecule has 1 rings (SSSR count). The maximum absolute atomic E-state index is 10.7. The van der Waals surface area contributed by atoms with Crippen molar-refractivity contribution in [2.75, 3.05) is 0 Å². The second-order valence-corrected chi connectivity index (χ2v) is 2.89. The number of nitrogens with one attached hydrogen (secondary N) is 1. The van der Waals surface area contributed by atoms with Gasteiger partial charge < -0.3 is 10.1 Å². The normalized spacial score (nSPS) is 10.2. The minimum Gasteiger partial charge on any atom is -0.477 e. The lowest BCUT2D eigenvalue weighted by atomic mass is 10.1. The average Bonchev–Trinajstić information content (AvgIpc) is 2.30. The fourth-order valence-electron chi connectivity index (χ4n) is 1.32. The summed E-state index contributed by atoms with van der Waals surface area (Å²) in [6.07, 6.45) is 0.847. The summed E-state index contributed by atoms with van der Waals surface area (Å²) in [7, 11) is 0. The summed E-state index contributed by atoms with van der Waals surface area (Å²) < 4.78 is 0. The Bertz CT molecular complexity index is 313. The zero-order chi connectivity index (χ0) is 9.30. The van der Waals surface area contributed by atoms with E-state index in [1.165, 1.54) is 0 Å². The number of hydrogen-bond donors (Lipinski definition) is 2. The van der Waals surface area contributed by atoms with Crippen LogP contribution in [0.5, 0.6) is 0 Å². The van der Waals surface area contributed by atoms with Crippen LogP contribution in [-0.4, -0.2) is 16.1 Å². The molecule has 1 aromatic rings. The molecular weight excluding hydrogens is 154 g/mol. The van der Waals surface area contributed by atoms with E-state index < -0.39 is 5.97 Å². The fourth-order valence-corrected chi connectivity index (χ4v) is 1.32. The summed E-state index contributed by atoms with van der Waals surface area (Å²) in [5.74, 6) is -0.879. The van der Waals surface area contributed by atoms with Gasteiger partial charge in [0.1, 0.15) is 5.69 Å². The molecule has 0 unspecified atom stereocenters. The SMILES string of the molecule is CCc1[nH]c(C(=O)O)c(C)c1C. The van der Waals surface area contributed by atoms with E-state index in [4.69, 9.17) is 5.11 Å². The molecule has 12 heavy (non-hydrogen) atoms. The molecule has 0 amide bonds. The lowest BCUT2D eigenvalue weighted by Gasteiger charge is -1.92. The van der Waals surface area contributed by atoms with Crippen LogP contribution in [0.2, 0.25) is 0 Å². The Kier molecular flexibility index (Phi) is 2.22. The molecule has 0 bridgehead atoms. The number of aromatic carboxylic acids is 1. The molecule has 0 aliphatic heterocycles. The van der Waals surface area contributed by atoms with Crippen molar-refractivity contribution in [1.82, 2.24) is 4.98 Å². The molecule has 0 atom stereocenters. The van der Waals surface area contributed by atoms with Gasteiger partial charge in [-0.15, -0.1) is 0 Å². The molecule has 0 saturated carbocycles. The van der Waals surface area contributed by atoms with Crippen LogP contribution in [0.25, 0.3) is 0 Å². The van der Waals surface area contributed by atoms with E-state index in [1.807, 2.05) is 20.8 Å². The van der Waals surface area contributed by atoms with Gasteiger partial charge in [0.05, 0.1) is 0 Å². The molecule has 3 nitrogen and oxygen atoms in total. The minimum absolute atomic E-state index is 0.323. The predicted molar refractivity (Wildman–Crippen MR) is 46.6 cm³/mol. The van der Waals surface area contributed by atoms with Crippen molar-refractivity contribution in [3.8, 4) is 0 Å². The van der Waals surface area contributed by atoms with E-state index in [-0.39, 0.29) is 0 Å². The summed E-state index contributed by atoms with van der Waals surface area (Å²) >= 11 is 0. The number of carbonyl (C=O) groups is 1. The third-order valence-corrected chi connectivity index (χ3v) is 2.23. The summed E-state index contributed by atoms with van der Waals surface area (Å²) in [5.41, 5.74) is 3.25. The van der Waals surface area contributed by atoms with Crippen molar-refractivity contribution in [1.29, 1.82) is 0 Å². The molecule has 1 aromatic heterocycles. The summed E-state index contributed by atoms with van der Waals surface area (Å²) in [5, 5.41) is 8.77. The smallest absolute Gasteiger partial charge is 0.352 e. The number of aryl methyl sites for hydroxylation is 1. The maximum atomic E-state index is 10.7. The zero-order valence-electron chi connectivity index (χ0n) is 7.56. The van der Waals surface area contributed by atoms with Gasteiger partial charge in [0.25, 0.3) is 0 Å². The largest absolute Gasteiger partial charge is 0.477 e. The van der Waals surface area contributed by atoms with Crippen molar-refractivity contribution in [3.05, 3.63) is 22.5 Å². The summed E-state index contributed by atoms with van der Waals surface area (Å²) in [6, 6.07) is 0. The minimum atomic E-state index is -0.879. The first-order valence-corrected chi connectivity index (χ1v) is 3.99. The van der Waals surface area contributed by atoms with Crippen LogP contribution in [0, 0.1) is 13.8 Å². The van der Waals surface area contributed by atoms with Crippen molar-refractivity contribution >= 4 is 5.97 Å². The second-order valence-electron chi connectivity index (χ2n) is 2.89. The van der Waals surface area contributed by atoms with Crippen LogP contribution in [0.15, 0.2) is 0 Å². The molecule has 0 aromatic carbocycles. The summed E-state index contributed by atoms with van der Waals surface area (Å²) in [6.45, 7) is 5.77. The molecule has 0 saturated heterocycles. The Morgan fingerprint density at radius 3 is 2.25 bits per heavy atom. The number of hydrogen-bond acceptors (Lipinski definition) is 1. The maximum Gasteiger partial charge on any atom is 0.352 e. The lowest BCUT2D eigenvalue weighted by Crippen LogP contribution is -1.98. The van der Waals surface area contributed by atoms with E-state index in [0.29, 0.717) is 5.69 Å². The molecule has 2 N–H and O–H groups in total. The second kappa shape index (κ2) is 3.01. The molecular formula is C9H13NO2. The Morgan fingerprint density at radius 2 is 2.00 bits per heavy atom. The van der Waals surface area contributed by atoms with Gasteiger partial charge in [-0.25, -0.2) is 4.79 Å². The van der Waals surface area contributed by atoms with Crippen LogP contribution in [0.3, 0.4) is 0 Å². The fraction of sp³-hybridized carbons (Fsp3) is 0.444. The van der Waals surface area contributed by atoms with E-state index in [2.05, 4.69) is 4.98 Å². The van der Waals surface area contributed by atoms with Crippen LogP contribution in [0.4, 0.5) is 0 Å². The van der Waals surface area contributed by atoms with Crippen LogP contribution < -0.4 is 0 Å². The van der Waals surface area contributed by atoms with Gasteiger partial charge in [-0.1, -0.05) is 6.92 Å². The molecule has 0 aliphatic rings. The number of rotatable bonds is 2. The van der Waals surface area contributed by atoms with Gasteiger partial charge in [0.15, 0.2) is 0 Å². The first kappa shape index (κ1) is 8.84. The Morgan fingerprint density at radius 1 is 1.42 bits per heavy atom. The van der Waals surface area contributed by atoms with Gasteiger partial charge >= 0.3 is 5.97 Å². The highest BCUT2D eigenvalue weighted by Crippen LogP contribution is 2.17. The molecule has 1 heterocycles. The van der Waals surface area contributed by atoms with Gasteiger partial charge in [0.2, 0.25) is 0 Å². The van der Waals surface area contributed by atoms with Crippen molar-refractivity contribution in [2.45, 2.75) is 27.2 Å². The standard InChI is InChI=1S/C9H13NO2/c1-4-7-5(2)6(3)8(10-7)9(11)12/h10H,4H2,1-3H3,(H,11,12). The average molecular weight is 167 g/mol. The predicted octanol–water partition coefficient (Wildman–Crippen LogP) is 1.89. The molecule has 0 spiro atoms. The van der Waals surface area contributed by atoms with Crippen LogP contribution in [-0.2, 0) is 6.42 Å². The molecule has 0 aliphatic carbocycles. The van der Waals surface area contributed by atoms with E-state index in [0.717, 1.165) is 23.2 Å². The Labute approximate surface area is 71.4 Å².